The molecule has 0 radical (unpaired) electrons. The van der Waals surface area contributed by atoms with Gasteiger partial charge in [0, 0.05) is 18.8 Å². The van der Waals surface area contributed by atoms with Gasteiger partial charge in [-0.2, -0.15) is 0 Å². The molecule has 0 unspecified atom stereocenters. The summed E-state index contributed by atoms with van der Waals surface area (Å²) in [5.41, 5.74) is 0.597. The number of hydrogen-bond donors (Lipinski definition) is 2. The standard InChI is InChI=1S/C16H18N2O4/c19-13-14(20)18(10-9-17-13)12-5-3-11(4-6-12)16(15(21)22)7-1-2-8-16/h3-6H,1-2,7-10H2,(H,17,19)(H,21,22). The molecule has 2 amide bonds. The highest BCUT2D eigenvalue weighted by Gasteiger charge is 2.42. The fourth-order valence-corrected chi connectivity index (χ4v) is 3.39. The van der Waals surface area contributed by atoms with Crippen molar-refractivity contribution in [3.8, 4) is 0 Å². The third-order valence-electron chi connectivity index (χ3n) is 4.66. The van der Waals surface area contributed by atoms with Crippen molar-refractivity contribution >= 4 is 23.5 Å². The predicted octanol–water partition coefficient (Wildman–Crippen LogP) is 1.05. The zero-order valence-corrected chi connectivity index (χ0v) is 12.2. The number of hydrogen-bond acceptors (Lipinski definition) is 3. The van der Waals surface area contributed by atoms with Crippen molar-refractivity contribution < 1.29 is 19.5 Å². The SMILES string of the molecule is O=C1NCCN(c2ccc(C3(C(=O)O)CCCC3)cc2)C1=O. The second-order valence-electron chi connectivity index (χ2n) is 5.85. The van der Waals surface area contributed by atoms with Gasteiger partial charge in [-0.3, -0.25) is 14.4 Å². The minimum atomic E-state index is -0.804. The van der Waals surface area contributed by atoms with E-state index in [-0.39, 0.29) is 0 Å². The van der Waals surface area contributed by atoms with Gasteiger partial charge in [-0.05, 0) is 30.5 Å². The van der Waals surface area contributed by atoms with E-state index in [1.807, 2.05) is 0 Å². The Labute approximate surface area is 128 Å². The molecule has 2 aliphatic rings. The van der Waals surface area contributed by atoms with Crippen LogP contribution in [-0.4, -0.2) is 36.0 Å². The predicted molar refractivity (Wildman–Crippen MR) is 79.6 cm³/mol. The molecule has 22 heavy (non-hydrogen) atoms. The monoisotopic (exact) mass is 302 g/mol. The van der Waals surface area contributed by atoms with Gasteiger partial charge in [-0.25, -0.2) is 0 Å². The van der Waals surface area contributed by atoms with Crippen molar-refractivity contribution in [1.29, 1.82) is 0 Å². The van der Waals surface area contributed by atoms with Crippen LogP contribution in [0, 0.1) is 0 Å². The molecule has 0 aromatic heterocycles. The van der Waals surface area contributed by atoms with Crippen molar-refractivity contribution in [2.24, 2.45) is 0 Å². The maximum Gasteiger partial charge on any atom is 0.316 e. The molecule has 1 aliphatic carbocycles. The van der Waals surface area contributed by atoms with E-state index in [2.05, 4.69) is 5.32 Å². The Morgan fingerprint density at radius 1 is 1.14 bits per heavy atom. The summed E-state index contributed by atoms with van der Waals surface area (Å²) in [5.74, 6) is -1.97. The number of carboxylic acids is 1. The van der Waals surface area contributed by atoms with Gasteiger partial charge in [-0.1, -0.05) is 25.0 Å². The molecular weight excluding hydrogens is 284 g/mol. The van der Waals surface area contributed by atoms with E-state index < -0.39 is 23.2 Å². The topological polar surface area (TPSA) is 86.7 Å². The Hall–Kier alpha value is -2.37. The van der Waals surface area contributed by atoms with Gasteiger partial charge in [-0.15, -0.1) is 0 Å². The normalized spacial score (nSPS) is 20.8. The van der Waals surface area contributed by atoms with Crippen LogP contribution in [-0.2, 0) is 19.8 Å². The minimum absolute atomic E-state index is 0.422. The molecule has 116 valence electrons. The van der Waals surface area contributed by atoms with E-state index in [9.17, 15) is 19.5 Å². The zero-order chi connectivity index (χ0) is 15.7. The summed E-state index contributed by atoms with van der Waals surface area (Å²) in [7, 11) is 0. The van der Waals surface area contributed by atoms with E-state index in [1.165, 1.54) is 4.90 Å². The summed E-state index contributed by atoms with van der Waals surface area (Å²) >= 11 is 0. The number of piperazine rings is 1. The average Bonchev–Trinajstić information content (AvgIpc) is 3.01. The maximum absolute atomic E-state index is 11.9. The van der Waals surface area contributed by atoms with E-state index in [4.69, 9.17) is 0 Å². The number of amides is 2. The molecule has 2 fully saturated rings. The number of carboxylic acid groups (broad SMARTS) is 1. The highest BCUT2D eigenvalue weighted by Crippen LogP contribution is 2.41. The molecule has 0 bridgehead atoms. The fraction of sp³-hybridized carbons (Fsp3) is 0.438. The maximum atomic E-state index is 11.9. The van der Waals surface area contributed by atoms with Crippen LogP contribution in [0.25, 0.3) is 0 Å². The second-order valence-corrected chi connectivity index (χ2v) is 5.85. The lowest BCUT2D eigenvalue weighted by molar-refractivity contribution is -0.143. The number of rotatable bonds is 3. The molecule has 3 rings (SSSR count). The van der Waals surface area contributed by atoms with Crippen LogP contribution in [0.3, 0.4) is 0 Å². The zero-order valence-electron chi connectivity index (χ0n) is 12.2. The van der Waals surface area contributed by atoms with Gasteiger partial charge in [0.15, 0.2) is 0 Å². The first-order valence-corrected chi connectivity index (χ1v) is 7.48. The van der Waals surface area contributed by atoms with Crippen LogP contribution in [0.15, 0.2) is 24.3 Å². The van der Waals surface area contributed by atoms with Crippen LogP contribution >= 0.6 is 0 Å². The first-order valence-electron chi connectivity index (χ1n) is 7.48. The third-order valence-corrected chi connectivity index (χ3v) is 4.66. The highest BCUT2D eigenvalue weighted by molar-refractivity contribution is 6.41. The van der Waals surface area contributed by atoms with E-state index in [0.29, 0.717) is 31.6 Å². The van der Waals surface area contributed by atoms with E-state index in [0.717, 1.165) is 18.4 Å². The molecule has 6 nitrogen and oxygen atoms in total. The smallest absolute Gasteiger partial charge is 0.316 e. The molecule has 0 spiro atoms. The van der Waals surface area contributed by atoms with Crippen molar-refractivity contribution in [3.63, 3.8) is 0 Å². The summed E-state index contributed by atoms with van der Waals surface area (Å²) in [6.45, 7) is 0.847. The summed E-state index contributed by atoms with van der Waals surface area (Å²) in [6, 6.07) is 7.01. The molecule has 1 heterocycles. The van der Waals surface area contributed by atoms with Crippen LogP contribution in [0.5, 0.6) is 0 Å². The first-order chi connectivity index (χ1) is 10.5. The summed E-state index contributed by atoms with van der Waals surface area (Å²) in [6.07, 6.45) is 3.12. The molecule has 0 atom stereocenters. The van der Waals surface area contributed by atoms with Gasteiger partial charge in [0.05, 0.1) is 5.41 Å². The summed E-state index contributed by atoms with van der Waals surface area (Å²) < 4.78 is 0. The second kappa shape index (κ2) is 5.44. The molecule has 1 aromatic carbocycles. The van der Waals surface area contributed by atoms with Crippen molar-refractivity contribution in [2.75, 3.05) is 18.0 Å². The van der Waals surface area contributed by atoms with Gasteiger partial charge < -0.3 is 15.3 Å². The summed E-state index contributed by atoms with van der Waals surface area (Å²) in [4.78, 5) is 36.4. The Morgan fingerprint density at radius 2 is 1.77 bits per heavy atom. The van der Waals surface area contributed by atoms with Crippen LogP contribution in [0.2, 0.25) is 0 Å². The lowest BCUT2D eigenvalue weighted by Gasteiger charge is -2.28. The Kier molecular flexibility index (Phi) is 3.60. The van der Waals surface area contributed by atoms with Gasteiger partial charge >= 0.3 is 17.8 Å². The fourth-order valence-electron chi connectivity index (χ4n) is 3.39. The lowest BCUT2D eigenvalue weighted by Crippen LogP contribution is -2.52. The number of aliphatic carboxylic acids is 1. The van der Waals surface area contributed by atoms with Gasteiger partial charge in [0.1, 0.15) is 0 Å². The molecule has 1 saturated heterocycles. The minimum Gasteiger partial charge on any atom is -0.481 e. The Bertz CT molecular complexity index is 618. The van der Waals surface area contributed by atoms with Crippen LogP contribution < -0.4 is 10.2 Å². The van der Waals surface area contributed by atoms with Crippen molar-refractivity contribution in [2.45, 2.75) is 31.1 Å². The van der Waals surface area contributed by atoms with Crippen molar-refractivity contribution in [1.82, 2.24) is 5.32 Å². The number of benzene rings is 1. The number of nitrogens with zero attached hydrogens (tertiary/aromatic N) is 1. The number of carbonyl (C=O) groups is 3. The first kappa shape index (κ1) is 14.6. The number of anilines is 1. The van der Waals surface area contributed by atoms with E-state index in [1.54, 1.807) is 24.3 Å². The van der Waals surface area contributed by atoms with Gasteiger partial charge in [0.2, 0.25) is 0 Å². The lowest BCUT2D eigenvalue weighted by atomic mass is 9.79. The number of nitrogens with one attached hydrogen (secondary N) is 1. The molecule has 1 aromatic rings. The Balaban J connectivity index is 1.88. The third kappa shape index (κ3) is 2.24. The molecule has 2 N–H and O–H groups in total. The molecule has 1 saturated carbocycles. The highest BCUT2D eigenvalue weighted by atomic mass is 16.4. The average molecular weight is 302 g/mol. The number of carbonyl (C=O) groups excluding carboxylic acids is 2. The molecule has 1 aliphatic heterocycles. The van der Waals surface area contributed by atoms with Gasteiger partial charge in [0.25, 0.3) is 0 Å². The Morgan fingerprint density at radius 3 is 2.36 bits per heavy atom. The quantitative estimate of drug-likeness (QED) is 0.817. The molecule has 6 heteroatoms. The van der Waals surface area contributed by atoms with Crippen molar-refractivity contribution in [3.05, 3.63) is 29.8 Å². The van der Waals surface area contributed by atoms with E-state index >= 15 is 0 Å². The van der Waals surface area contributed by atoms with Crippen LogP contribution in [0.4, 0.5) is 5.69 Å². The van der Waals surface area contributed by atoms with Crippen LogP contribution in [0.1, 0.15) is 31.2 Å². The molecular formula is C16H18N2O4. The summed E-state index contributed by atoms with van der Waals surface area (Å²) in [5, 5.41) is 12.1. The largest absolute Gasteiger partial charge is 0.481 e.